The lowest BCUT2D eigenvalue weighted by Crippen LogP contribution is -2.64. The predicted octanol–water partition coefficient (Wildman–Crippen LogP) is -12.6. The zero-order valence-corrected chi connectivity index (χ0v) is 65.0. The lowest BCUT2D eigenvalue weighted by atomic mass is 9.97. The fourth-order valence-corrected chi connectivity index (χ4v) is 10.5. The Morgan fingerprint density at radius 1 is 0.325 bits per heavy atom. The fourth-order valence-electron chi connectivity index (χ4n) is 10.5. The van der Waals surface area contributed by atoms with Gasteiger partial charge in [0.1, 0.15) is 90.6 Å². The van der Waals surface area contributed by atoms with E-state index in [1.165, 1.54) is 27.7 Å². The number of carbonyl (C=O) groups excluding carboxylic acids is 16. The minimum Gasteiger partial charge on any atom is -0.481 e. The average molecular weight is 1640 g/mol. The Balaban J connectivity index is 6.96. The van der Waals surface area contributed by atoms with Crippen LogP contribution >= 0.6 is 0 Å². The van der Waals surface area contributed by atoms with Crippen LogP contribution in [0.5, 0.6) is 0 Å². The average Bonchev–Trinajstić information content (AvgIpc) is 0.849. The molecule has 33 N–H and O–H groups in total. The Morgan fingerprint density at radius 2 is 0.623 bits per heavy atom. The largest absolute Gasteiger partial charge is 0.481 e. The number of rotatable bonds is 57. The molecule has 114 heavy (non-hydrogen) atoms. The molecule has 47 heteroatoms. The molecule has 648 valence electrons. The number of unbranched alkanes of at least 4 members (excludes halogenated alkanes) is 2. The van der Waals surface area contributed by atoms with Crippen molar-refractivity contribution in [3.63, 3.8) is 0 Å². The molecule has 0 fully saturated rings. The zero-order valence-electron chi connectivity index (χ0n) is 65.0. The van der Waals surface area contributed by atoms with Gasteiger partial charge in [0.2, 0.25) is 94.5 Å². The summed E-state index contributed by atoms with van der Waals surface area (Å²) in [7, 11) is 0. The van der Waals surface area contributed by atoms with Crippen molar-refractivity contribution in [2.45, 2.75) is 255 Å². The van der Waals surface area contributed by atoms with E-state index in [0.29, 0.717) is 12.8 Å². The smallest absolute Gasteiger partial charge is 0.326 e. The van der Waals surface area contributed by atoms with Crippen LogP contribution in [0.1, 0.15) is 146 Å². The van der Waals surface area contributed by atoms with Gasteiger partial charge in [0.05, 0.1) is 57.4 Å². The molecule has 0 aliphatic rings. The SMILES string of the molecule is CC[C@H](C)[C@H](NC(=O)[C@H](CO)NC(=O)[C@@H](NC(=O)[C@H](CCCCN)NC(=O)[C@H](CC(N)=O)NC(=O)[C@H](CC(N)=O)NC(=O)[C@H](CCC(=O)O)NC(=O)[C@@H](NC(=O)[C@H](CO)NC(=O)[C@H](CC(C)C)NC(=O)[C@H](CCCCN)NC(=O)[C@@H](N)[C@@H](C)O)C(C)C)[C@@H](C)O)C(=O)N[C@H](C(=O)N[C@@H](CO)C(=O)N[C@@H](CC(=O)O)C(=O)O)[C@@H](C)O. The number of amides is 16. The first-order valence-electron chi connectivity index (χ1n) is 36.7. The predicted molar refractivity (Wildman–Crippen MR) is 395 cm³/mol. The molecular formula is C67H117N19O28. The standard InChI is InChI=1S/C67H117N19O28/c1-10-30(6)50(64(110)86-52(33(9)92)66(112)81-41(25-87)59(105)79-40(67(113)114)24-47(97)98)84-61(107)43(27-89)82-65(111)51(32(8)91)85-55(101)35(16-12-14-20-69)73-57(103)38(22-44(70)93)78-58(104)39(23-45(71)94)77-54(100)36(17-18-46(95)96)75-63(109)49(29(4)5)83-60(106)42(26-88)80-56(102)37(21-28(2)3)76-53(99)34(15-11-13-19-68)74-62(108)48(72)31(7)90/h28-43,48-52,87-92H,10-27,68-69,72H2,1-9H3,(H2,70,93)(H2,71,94)(H,73,103)(H,74,108)(H,75,109)(H,76,99)(H,77,100)(H,78,104)(H,79,105)(H,80,102)(H,81,112)(H,82,111)(H,83,106)(H,84,107)(H,85,101)(H,86,110)(H,95,96)(H,97,98)(H,113,114)/t30-,31+,32+,33+,34-,35-,36-,37-,38-,39-,40-,41-,42-,43-,48-,49-,50-,51-,52-/m0/s1. The summed E-state index contributed by atoms with van der Waals surface area (Å²) in [6.07, 6.45) is -9.30. The Morgan fingerprint density at radius 3 is 0.982 bits per heavy atom. The molecule has 0 aliphatic carbocycles. The highest BCUT2D eigenvalue weighted by molar-refractivity contribution is 6.02. The number of primary amides is 2. The summed E-state index contributed by atoms with van der Waals surface area (Å²) in [5, 5.41) is 121. The molecule has 0 aromatic carbocycles. The molecule has 16 amide bonds. The highest BCUT2D eigenvalue weighted by Gasteiger charge is 2.41. The van der Waals surface area contributed by atoms with E-state index in [4.69, 9.17) is 33.8 Å². The highest BCUT2D eigenvalue weighted by atomic mass is 16.4. The summed E-state index contributed by atoms with van der Waals surface area (Å²) in [5.41, 5.74) is 28.0. The number of aliphatic carboxylic acids is 3. The Kier molecular flexibility index (Phi) is 48.0. The third-order valence-corrected chi connectivity index (χ3v) is 17.3. The molecule has 0 unspecified atom stereocenters. The number of aliphatic hydroxyl groups is 6. The van der Waals surface area contributed by atoms with Gasteiger partial charge in [-0.25, -0.2) is 4.79 Å². The lowest BCUT2D eigenvalue weighted by molar-refractivity contribution is -0.147. The quantitative estimate of drug-likeness (QED) is 0.0251. The maximum atomic E-state index is 14.2. The van der Waals surface area contributed by atoms with E-state index in [2.05, 4.69) is 63.8 Å². The maximum Gasteiger partial charge on any atom is 0.326 e. The summed E-state index contributed by atoms with van der Waals surface area (Å²) in [4.78, 5) is 253. The van der Waals surface area contributed by atoms with Gasteiger partial charge in [-0.15, -0.1) is 0 Å². The minimum absolute atomic E-state index is 0.0110. The first-order valence-corrected chi connectivity index (χ1v) is 36.7. The molecule has 0 spiro atoms. The van der Waals surface area contributed by atoms with E-state index < -0.39 is 285 Å². The number of nitrogens with two attached hydrogens (primary N) is 5. The second-order valence-corrected chi connectivity index (χ2v) is 27.9. The highest BCUT2D eigenvalue weighted by Crippen LogP contribution is 2.15. The molecule has 47 nitrogen and oxygen atoms in total. The van der Waals surface area contributed by atoms with Gasteiger partial charge in [-0.3, -0.25) is 86.3 Å². The van der Waals surface area contributed by atoms with Crippen molar-refractivity contribution in [3.05, 3.63) is 0 Å². The summed E-state index contributed by atoms with van der Waals surface area (Å²) in [6, 6.07) is -27.5. The van der Waals surface area contributed by atoms with E-state index in [1.54, 1.807) is 20.8 Å². The topological polar surface area (TPSA) is 805 Å². The molecule has 0 saturated heterocycles. The van der Waals surface area contributed by atoms with Crippen molar-refractivity contribution in [1.82, 2.24) is 74.4 Å². The maximum absolute atomic E-state index is 14.2. The van der Waals surface area contributed by atoms with Gasteiger partial charge in [-0.05, 0) is 103 Å². The van der Waals surface area contributed by atoms with Crippen molar-refractivity contribution in [3.8, 4) is 0 Å². The van der Waals surface area contributed by atoms with Gasteiger partial charge in [0.25, 0.3) is 0 Å². The number of hydrogen-bond acceptors (Lipinski definition) is 28. The molecule has 0 aromatic rings. The minimum atomic E-state index is -2.15. The van der Waals surface area contributed by atoms with Crippen molar-refractivity contribution in [2.75, 3.05) is 32.9 Å². The third-order valence-electron chi connectivity index (χ3n) is 17.3. The van der Waals surface area contributed by atoms with E-state index in [9.17, 15) is 132 Å². The Hall–Kier alpha value is -10.4. The zero-order chi connectivity index (χ0) is 87.7. The van der Waals surface area contributed by atoms with Crippen molar-refractivity contribution in [2.24, 2.45) is 46.4 Å². The Labute approximate surface area is 655 Å². The number of nitrogens with one attached hydrogen (secondary N) is 14. The van der Waals surface area contributed by atoms with Crippen LogP contribution in [0.25, 0.3) is 0 Å². The molecule has 0 bridgehead atoms. The molecule has 0 radical (unpaired) electrons. The van der Waals surface area contributed by atoms with Crippen LogP contribution < -0.4 is 103 Å². The van der Waals surface area contributed by atoms with Crippen molar-refractivity contribution < 1.29 is 137 Å². The van der Waals surface area contributed by atoms with Gasteiger partial charge >= 0.3 is 17.9 Å². The van der Waals surface area contributed by atoms with E-state index in [0.717, 1.165) is 13.8 Å². The number of aliphatic hydroxyl groups excluding tert-OH is 6. The third kappa shape index (κ3) is 37.9. The normalized spacial score (nSPS) is 16.2. The van der Waals surface area contributed by atoms with Gasteiger partial charge in [-0.2, -0.15) is 0 Å². The van der Waals surface area contributed by atoms with E-state index in [1.807, 2.05) is 10.6 Å². The lowest BCUT2D eigenvalue weighted by Gasteiger charge is -2.30. The molecule has 0 rings (SSSR count). The van der Waals surface area contributed by atoms with Crippen LogP contribution in [0, 0.1) is 17.8 Å². The first-order chi connectivity index (χ1) is 53.2. The molecule has 0 aromatic heterocycles. The van der Waals surface area contributed by atoms with Gasteiger partial charge in [0.15, 0.2) is 0 Å². The fraction of sp³-hybridized carbons (Fsp3) is 0.716. The van der Waals surface area contributed by atoms with Crippen LogP contribution in [0.2, 0.25) is 0 Å². The summed E-state index contributed by atoms with van der Waals surface area (Å²) in [6.45, 7) is 9.07. The van der Waals surface area contributed by atoms with Crippen molar-refractivity contribution in [1.29, 1.82) is 0 Å². The van der Waals surface area contributed by atoms with Gasteiger partial charge in [0, 0.05) is 6.42 Å². The van der Waals surface area contributed by atoms with Gasteiger partial charge < -0.3 is 149 Å². The number of hydrogen-bond donors (Lipinski definition) is 28. The van der Waals surface area contributed by atoms with Crippen LogP contribution in [-0.4, -0.2) is 300 Å². The van der Waals surface area contributed by atoms with Gasteiger partial charge in [-0.1, -0.05) is 48.0 Å². The number of carboxylic acid groups (broad SMARTS) is 3. The summed E-state index contributed by atoms with van der Waals surface area (Å²) >= 11 is 0. The van der Waals surface area contributed by atoms with Crippen LogP contribution in [0.15, 0.2) is 0 Å². The number of carboxylic acids is 3. The Bertz CT molecular complexity index is 3290. The van der Waals surface area contributed by atoms with E-state index >= 15 is 0 Å². The monoisotopic (exact) mass is 1640 g/mol. The molecule has 0 aliphatic heterocycles. The first kappa shape index (κ1) is 104. The van der Waals surface area contributed by atoms with Crippen LogP contribution in [-0.2, 0) is 91.1 Å². The molecule has 0 saturated carbocycles. The molecule has 19 atom stereocenters. The molecular weight excluding hydrogens is 1520 g/mol. The summed E-state index contributed by atoms with van der Waals surface area (Å²) < 4.78 is 0. The number of carbonyl (C=O) groups is 19. The second kappa shape index (κ2) is 52.8. The van der Waals surface area contributed by atoms with Crippen LogP contribution in [0.4, 0.5) is 0 Å². The van der Waals surface area contributed by atoms with E-state index in [-0.39, 0.29) is 57.5 Å². The second-order valence-electron chi connectivity index (χ2n) is 27.9. The summed E-state index contributed by atoms with van der Waals surface area (Å²) in [5.74, 6) is -27.0. The molecule has 0 heterocycles. The van der Waals surface area contributed by atoms with Crippen LogP contribution in [0.3, 0.4) is 0 Å². The van der Waals surface area contributed by atoms with Crippen molar-refractivity contribution >= 4 is 112 Å².